The van der Waals surface area contributed by atoms with E-state index in [0.717, 1.165) is 17.1 Å². The highest BCUT2D eigenvalue weighted by Gasteiger charge is 2.39. The van der Waals surface area contributed by atoms with Crippen molar-refractivity contribution < 1.29 is 0 Å². The first-order valence-corrected chi connectivity index (χ1v) is 25.9. The van der Waals surface area contributed by atoms with Crippen molar-refractivity contribution in [1.82, 2.24) is 0 Å². The Kier molecular flexibility index (Phi) is 9.58. The van der Waals surface area contributed by atoms with E-state index < -0.39 is 0 Å². The van der Waals surface area contributed by atoms with E-state index in [1.165, 1.54) is 125 Å². The van der Waals surface area contributed by atoms with E-state index in [4.69, 9.17) is 0 Å². The summed E-state index contributed by atoms with van der Waals surface area (Å²) in [6.07, 6.45) is 0. The third-order valence-electron chi connectivity index (χ3n) is 15.5. The normalized spacial score (nSPS) is 13.1. The lowest BCUT2D eigenvalue weighted by molar-refractivity contribution is 0.633. The van der Waals surface area contributed by atoms with Crippen LogP contribution in [0.15, 0.2) is 231 Å². The molecule has 0 fully saturated rings. The van der Waals surface area contributed by atoms with Gasteiger partial charge in [-0.3, -0.25) is 0 Å². The van der Waals surface area contributed by atoms with Crippen molar-refractivity contribution in [2.75, 3.05) is 9.80 Å². The molecule has 1 aliphatic rings. The van der Waals surface area contributed by atoms with E-state index in [2.05, 4.69) is 268 Å². The lowest BCUT2D eigenvalue weighted by atomic mass is 9.73. The fourth-order valence-corrected chi connectivity index (χ4v) is 13.2. The van der Waals surface area contributed by atoms with E-state index in [9.17, 15) is 0 Å². The Labute approximate surface area is 424 Å². The Balaban J connectivity index is 1.16. The fraction of sp³-hybridized carbons (Fsp3) is 0.0725. The molecule has 0 aliphatic carbocycles. The zero-order chi connectivity index (χ0) is 48.2. The molecule has 0 bridgehead atoms. The summed E-state index contributed by atoms with van der Waals surface area (Å²) in [7, 11) is 0. The van der Waals surface area contributed by atoms with Gasteiger partial charge in [-0.05, 0) is 118 Å². The smallest absolute Gasteiger partial charge is 0.0620 e. The maximum atomic E-state index is 2.64. The van der Waals surface area contributed by atoms with E-state index in [-0.39, 0.29) is 5.41 Å². The molecule has 72 heavy (non-hydrogen) atoms. The molecule has 13 aromatic rings. The SMILES string of the molecule is Cc1ccc(N(c2ccc(C)cc2)c2c3cc(-c4ccccc4)ccc3c(N3c4ccccc4C(C)(C)c4cc5c(cc43)sc3c4ccccc4c4ccccc4c53)c3cc(-c4ccccc4)ccc23)cc1. The summed E-state index contributed by atoms with van der Waals surface area (Å²) in [6.45, 7) is 9.19. The molecular formula is C69H50N2S. The minimum absolute atomic E-state index is 0.313. The van der Waals surface area contributed by atoms with Gasteiger partial charge in [-0.15, -0.1) is 11.3 Å². The minimum Gasteiger partial charge on any atom is -0.309 e. The van der Waals surface area contributed by atoms with E-state index in [0.29, 0.717) is 0 Å². The summed E-state index contributed by atoms with van der Waals surface area (Å²) in [4.78, 5) is 5.14. The first-order valence-electron chi connectivity index (χ1n) is 25.1. The third-order valence-corrected chi connectivity index (χ3v) is 16.7. The molecule has 0 saturated carbocycles. The second-order valence-corrected chi connectivity index (χ2v) is 21.2. The van der Waals surface area contributed by atoms with Crippen molar-refractivity contribution in [3.63, 3.8) is 0 Å². The van der Waals surface area contributed by atoms with Crippen molar-refractivity contribution in [2.24, 2.45) is 0 Å². The van der Waals surface area contributed by atoms with Crippen LogP contribution in [0.3, 0.4) is 0 Å². The number of aryl methyl sites for hydroxylation is 2. The Morgan fingerprint density at radius 1 is 0.375 bits per heavy atom. The molecular weight excluding hydrogens is 889 g/mol. The number of benzene rings is 12. The standard InChI is InChI=1S/C69H50N2S/c1-43-27-33-49(34-28-43)70(50-35-29-44(2)30-36-50)66-54-37-31-48(46-19-9-6-10-20-46)40-58(54)67(55-38-32-47(39-57(55)66)45-17-7-5-8-18-45)71-62-26-16-15-25-60(62)69(3,4)61-41-59-64(42-63(61)71)72-68-56-24-14-12-22-52(56)51-21-11-13-23-53(51)65(59)68/h5-42H,1-4H3. The largest absolute Gasteiger partial charge is 0.309 e. The maximum absolute atomic E-state index is 2.64. The molecule has 0 atom stereocenters. The van der Waals surface area contributed by atoms with Gasteiger partial charge in [0.2, 0.25) is 0 Å². The molecule has 0 unspecified atom stereocenters. The molecule has 0 N–H and O–H groups in total. The predicted octanol–water partition coefficient (Wildman–Crippen LogP) is 20.2. The predicted molar refractivity (Wildman–Crippen MR) is 311 cm³/mol. The van der Waals surface area contributed by atoms with E-state index in [1.54, 1.807) is 0 Å². The number of fused-ring (bicyclic) bond motifs is 12. The molecule has 0 saturated heterocycles. The molecule has 342 valence electrons. The summed E-state index contributed by atoms with van der Waals surface area (Å²) < 4.78 is 2.63. The summed E-state index contributed by atoms with van der Waals surface area (Å²) >= 11 is 1.93. The van der Waals surface area contributed by atoms with Gasteiger partial charge in [-0.1, -0.05) is 201 Å². The second kappa shape index (κ2) is 16.3. The number of hydrogen-bond donors (Lipinski definition) is 0. The molecule has 0 radical (unpaired) electrons. The lowest BCUT2D eigenvalue weighted by Crippen LogP contribution is -2.30. The lowest BCUT2D eigenvalue weighted by Gasteiger charge is -2.43. The van der Waals surface area contributed by atoms with Gasteiger partial charge in [0.15, 0.2) is 0 Å². The van der Waals surface area contributed by atoms with Crippen LogP contribution in [0, 0.1) is 13.8 Å². The Hall–Kier alpha value is -8.50. The Bertz CT molecular complexity index is 4260. The highest BCUT2D eigenvalue weighted by Crippen LogP contribution is 2.59. The quantitative estimate of drug-likeness (QED) is 0.121. The number of thiophene rings is 1. The van der Waals surface area contributed by atoms with E-state index >= 15 is 0 Å². The van der Waals surface area contributed by atoms with Crippen LogP contribution in [0.25, 0.3) is 85.5 Å². The van der Waals surface area contributed by atoms with Crippen molar-refractivity contribution in [1.29, 1.82) is 0 Å². The van der Waals surface area contributed by atoms with Crippen LogP contribution in [-0.2, 0) is 5.41 Å². The molecule has 14 rings (SSSR count). The zero-order valence-electron chi connectivity index (χ0n) is 40.7. The van der Waals surface area contributed by atoms with Crippen LogP contribution in [0.5, 0.6) is 0 Å². The van der Waals surface area contributed by atoms with Crippen LogP contribution in [-0.4, -0.2) is 0 Å². The second-order valence-electron chi connectivity index (χ2n) is 20.2. The maximum Gasteiger partial charge on any atom is 0.0620 e. The first kappa shape index (κ1) is 42.4. The van der Waals surface area contributed by atoms with Crippen LogP contribution < -0.4 is 9.80 Å². The van der Waals surface area contributed by atoms with Crippen LogP contribution >= 0.6 is 11.3 Å². The average Bonchev–Trinajstić information content (AvgIpc) is 3.81. The summed E-state index contributed by atoms with van der Waals surface area (Å²) in [5.41, 5.74) is 16.5. The van der Waals surface area contributed by atoms with Crippen molar-refractivity contribution >= 4 is 109 Å². The average molecular weight is 939 g/mol. The number of rotatable bonds is 6. The molecule has 0 spiro atoms. The molecule has 2 heterocycles. The fourth-order valence-electron chi connectivity index (χ4n) is 11.9. The highest BCUT2D eigenvalue weighted by molar-refractivity contribution is 7.27. The first-order chi connectivity index (χ1) is 35.3. The van der Waals surface area contributed by atoms with Crippen molar-refractivity contribution in [3.8, 4) is 22.3 Å². The summed E-state index contributed by atoms with van der Waals surface area (Å²) in [6, 6.07) is 86.4. The summed E-state index contributed by atoms with van der Waals surface area (Å²) in [5.74, 6) is 0. The number of nitrogens with zero attached hydrogens (tertiary/aromatic N) is 2. The zero-order valence-corrected chi connectivity index (χ0v) is 41.6. The molecule has 12 aromatic carbocycles. The van der Waals surface area contributed by atoms with Gasteiger partial charge in [0.1, 0.15) is 0 Å². The van der Waals surface area contributed by atoms with Crippen LogP contribution in [0.1, 0.15) is 36.1 Å². The van der Waals surface area contributed by atoms with Gasteiger partial charge in [0.05, 0.1) is 22.7 Å². The van der Waals surface area contributed by atoms with Crippen molar-refractivity contribution in [3.05, 3.63) is 253 Å². The Morgan fingerprint density at radius 3 is 1.54 bits per heavy atom. The summed E-state index contributed by atoms with van der Waals surface area (Å²) in [5, 5.41) is 12.6. The third kappa shape index (κ3) is 6.47. The molecule has 0 amide bonds. The molecule has 2 nitrogen and oxygen atoms in total. The van der Waals surface area contributed by atoms with Gasteiger partial charge >= 0.3 is 0 Å². The molecule has 1 aliphatic heterocycles. The van der Waals surface area contributed by atoms with E-state index in [1.807, 2.05) is 11.3 Å². The monoisotopic (exact) mass is 938 g/mol. The Morgan fingerprint density at radius 2 is 0.903 bits per heavy atom. The number of hydrogen-bond acceptors (Lipinski definition) is 3. The van der Waals surface area contributed by atoms with Gasteiger partial charge in [-0.2, -0.15) is 0 Å². The molecule has 3 heteroatoms. The van der Waals surface area contributed by atoms with Gasteiger partial charge in [-0.25, -0.2) is 0 Å². The highest BCUT2D eigenvalue weighted by atomic mass is 32.1. The van der Waals surface area contributed by atoms with Gasteiger partial charge in [0.25, 0.3) is 0 Å². The minimum atomic E-state index is -0.313. The van der Waals surface area contributed by atoms with Gasteiger partial charge < -0.3 is 9.80 Å². The number of anilines is 6. The van der Waals surface area contributed by atoms with Crippen molar-refractivity contribution in [2.45, 2.75) is 33.1 Å². The van der Waals surface area contributed by atoms with Crippen LogP contribution in [0.4, 0.5) is 34.1 Å². The van der Waals surface area contributed by atoms with Gasteiger partial charge in [0, 0.05) is 63.9 Å². The number of para-hydroxylation sites is 1. The molecule has 1 aromatic heterocycles. The van der Waals surface area contributed by atoms with Crippen LogP contribution in [0.2, 0.25) is 0 Å². The topological polar surface area (TPSA) is 6.48 Å².